The molecule has 132 valence electrons. The largest absolute Gasteiger partial charge is 0.361 e. The Labute approximate surface area is 148 Å². The average Bonchev–Trinajstić information content (AvgIpc) is 2.83. The molecule has 3 saturated heterocycles. The second-order valence-electron chi connectivity index (χ2n) is 7.39. The summed E-state index contributed by atoms with van der Waals surface area (Å²) in [6, 6.07) is 8.47. The number of aryl methyl sites for hydroxylation is 1. The molecule has 4 heterocycles. The number of rotatable bonds is 4. The number of hydrogen-bond donors (Lipinski definition) is 1. The molecule has 2 bridgehead atoms. The van der Waals surface area contributed by atoms with Gasteiger partial charge in [-0.05, 0) is 37.3 Å². The highest BCUT2D eigenvalue weighted by Gasteiger charge is 2.39. The van der Waals surface area contributed by atoms with Crippen LogP contribution in [-0.2, 0) is 16.0 Å². The lowest BCUT2D eigenvalue weighted by Crippen LogP contribution is -2.45. The third-order valence-corrected chi connectivity index (χ3v) is 5.83. The van der Waals surface area contributed by atoms with E-state index in [0.29, 0.717) is 19.5 Å². The van der Waals surface area contributed by atoms with Gasteiger partial charge in [-0.1, -0.05) is 18.2 Å². The van der Waals surface area contributed by atoms with E-state index in [2.05, 4.69) is 23.3 Å². The number of nitrogens with one attached hydrogen (secondary N) is 1. The van der Waals surface area contributed by atoms with E-state index < -0.39 is 0 Å². The minimum atomic E-state index is 0.00122. The van der Waals surface area contributed by atoms with Crippen LogP contribution >= 0.6 is 0 Å². The van der Waals surface area contributed by atoms with Gasteiger partial charge in [-0.2, -0.15) is 0 Å². The molecule has 3 aliphatic heterocycles. The summed E-state index contributed by atoms with van der Waals surface area (Å²) in [7, 11) is 1.88. The number of carbonyl (C=O) groups excluding carboxylic acids is 2. The molecule has 5 rings (SSSR count). The second kappa shape index (κ2) is 6.54. The highest BCUT2D eigenvalue weighted by Crippen LogP contribution is 2.28. The third kappa shape index (κ3) is 3.03. The molecule has 0 spiro atoms. The Hall–Kier alpha value is -2.30. The maximum absolute atomic E-state index is 12.7. The van der Waals surface area contributed by atoms with Crippen LogP contribution in [-0.4, -0.2) is 52.8 Å². The molecule has 2 amide bonds. The molecular weight excluding hydrogens is 314 g/mol. The van der Waals surface area contributed by atoms with Crippen molar-refractivity contribution in [3.63, 3.8) is 0 Å². The SMILES string of the molecule is CN1C(=O)[C@H]2CC[C@@H]1CN(C(=O)CCCc1c[nH]c3ccccc13)C2. The predicted molar refractivity (Wildman–Crippen MR) is 97.1 cm³/mol. The molecule has 1 aromatic carbocycles. The van der Waals surface area contributed by atoms with Crippen molar-refractivity contribution >= 4 is 22.7 Å². The lowest BCUT2D eigenvalue weighted by Gasteiger charge is -2.32. The predicted octanol–water partition coefficient (Wildman–Crippen LogP) is 2.57. The summed E-state index contributed by atoms with van der Waals surface area (Å²) < 4.78 is 0. The topological polar surface area (TPSA) is 56.4 Å². The molecule has 5 nitrogen and oxygen atoms in total. The van der Waals surface area contributed by atoms with Gasteiger partial charge in [0, 0.05) is 49.7 Å². The Morgan fingerprint density at radius 3 is 2.96 bits per heavy atom. The Morgan fingerprint density at radius 1 is 1.24 bits per heavy atom. The highest BCUT2D eigenvalue weighted by molar-refractivity contribution is 5.84. The molecule has 1 N–H and O–H groups in total. The van der Waals surface area contributed by atoms with Crippen LogP contribution in [0.15, 0.2) is 30.5 Å². The van der Waals surface area contributed by atoms with Gasteiger partial charge in [0.2, 0.25) is 11.8 Å². The summed E-state index contributed by atoms with van der Waals surface area (Å²) >= 11 is 0. The van der Waals surface area contributed by atoms with E-state index in [4.69, 9.17) is 0 Å². The van der Waals surface area contributed by atoms with Crippen molar-refractivity contribution in [3.05, 3.63) is 36.0 Å². The van der Waals surface area contributed by atoms with Crippen LogP contribution < -0.4 is 0 Å². The molecule has 25 heavy (non-hydrogen) atoms. The normalized spacial score (nSPS) is 23.3. The van der Waals surface area contributed by atoms with Crippen molar-refractivity contribution in [1.29, 1.82) is 0 Å². The molecule has 0 radical (unpaired) electrons. The Balaban J connectivity index is 1.36. The van der Waals surface area contributed by atoms with Crippen LogP contribution in [0.2, 0.25) is 0 Å². The van der Waals surface area contributed by atoms with Gasteiger partial charge in [0.1, 0.15) is 0 Å². The monoisotopic (exact) mass is 339 g/mol. The fourth-order valence-corrected chi connectivity index (χ4v) is 4.29. The molecule has 3 fully saturated rings. The van der Waals surface area contributed by atoms with E-state index in [1.807, 2.05) is 29.0 Å². The number of amides is 2. The van der Waals surface area contributed by atoms with Gasteiger partial charge in [-0.15, -0.1) is 0 Å². The summed E-state index contributed by atoms with van der Waals surface area (Å²) in [6.07, 6.45) is 6.29. The summed E-state index contributed by atoms with van der Waals surface area (Å²) in [5.74, 6) is 0.409. The van der Waals surface area contributed by atoms with Crippen molar-refractivity contribution in [2.24, 2.45) is 5.92 Å². The zero-order valence-corrected chi connectivity index (χ0v) is 14.7. The van der Waals surface area contributed by atoms with Crippen molar-refractivity contribution in [3.8, 4) is 0 Å². The van der Waals surface area contributed by atoms with E-state index in [1.165, 1.54) is 10.9 Å². The summed E-state index contributed by atoms with van der Waals surface area (Å²) in [5, 5.41) is 1.25. The maximum atomic E-state index is 12.7. The average molecular weight is 339 g/mol. The van der Waals surface area contributed by atoms with E-state index in [0.717, 1.165) is 31.2 Å². The summed E-state index contributed by atoms with van der Waals surface area (Å²) in [6.45, 7) is 1.30. The molecule has 3 aliphatic rings. The van der Waals surface area contributed by atoms with Crippen LogP contribution in [0, 0.1) is 5.92 Å². The number of benzene rings is 1. The number of aromatic nitrogens is 1. The molecule has 0 aliphatic carbocycles. The lowest BCUT2D eigenvalue weighted by molar-refractivity contribution is -0.138. The first-order valence-electron chi connectivity index (χ1n) is 9.23. The number of carbonyl (C=O) groups is 2. The molecule has 0 unspecified atom stereocenters. The zero-order valence-electron chi connectivity index (χ0n) is 14.7. The summed E-state index contributed by atoms with van der Waals surface area (Å²) in [5.41, 5.74) is 2.42. The van der Waals surface area contributed by atoms with Gasteiger partial charge in [0.25, 0.3) is 0 Å². The lowest BCUT2D eigenvalue weighted by atomic mass is 9.95. The first-order valence-corrected chi connectivity index (χ1v) is 9.23. The van der Waals surface area contributed by atoms with E-state index in [-0.39, 0.29) is 23.8 Å². The third-order valence-electron chi connectivity index (χ3n) is 5.83. The van der Waals surface area contributed by atoms with Crippen LogP contribution in [0.3, 0.4) is 0 Å². The van der Waals surface area contributed by atoms with Crippen LogP contribution in [0.5, 0.6) is 0 Å². The first-order chi connectivity index (χ1) is 12.1. The molecule has 2 atom stereocenters. The van der Waals surface area contributed by atoms with Crippen LogP contribution in [0.4, 0.5) is 0 Å². The van der Waals surface area contributed by atoms with Gasteiger partial charge in [-0.3, -0.25) is 9.59 Å². The van der Waals surface area contributed by atoms with Gasteiger partial charge in [0.15, 0.2) is 0 Å². The second-order valence-corrected chi connectivity index (χ2v) is 7.39. The van der Waals surface area contributed by atoms with Crippen LogP contribution in [0.25, 0.3) is 10.9 Å². The maximum Gasteiger partial charge on any atom is 0.227 e. The van der Waals surface area contributed by atoms with Crippen molar-refractivity contribution in [1.82, 2.24) is 14.8 Å². The highest BCUT2D eigenvalue weighted by atomic mass is 16.2. The van der Waals surface area contributed by atoms with Gasteiger partial charge >= 0.3 is 0 Å². The van der Waals surface area contributed by atoms with E-state index in [1.54, 1.807) is 0 Å². The quantitative estimate of drug-likeness (QED) is 0.931. The molecule has 0 saturated carbocycles. The fraction of sp³-hybridized carbons (Fsp3) is 0.500. The van der Waals surface area contributed by atoms with Gasteiger partial charge in [0.05, 0.1) is 5.92 Å². The standard InChI is InChI=1S/C20H25N3O2/c1-22-16-10-9-15(20(22)25)12-23(13-16)19(24)8-4-5-14-11-21-18-7-3-2-6-17(14)18/h2-3,6-7,11,15-16,21H,4-5,8-10,12-13H2,1H3/t15-,16+/m0/s1. The van der Waals surface area contributed by atoms with Gasteiger partial charge < -0.3 is 14.8 Å². The summed E-state index contributed by atoms with van der Waals surface area (Å²) in [4.78, 5) is 32.0. The smallest absolute Gasteiger partial charge is 0.227 e. The first kappa shape index (κ1) is 16.2. The van der Waals surface area contributed by atoms with Crippen molar-refractivity contribution < 1.29 is 9.59 Å². The molecular formula is C20H25N3O2. The number of aromatic amines is 1. The van der Waals surface area contributed by atoms with E-state index in [9.17, 15) is 9.59 Å². The Bertz CT molecular complexity index is 797. The van der Waals surface area contributed by atoms with E-state index >= 15 is 0 Å². The number of likely N-dealkylation sites (N-methyl/N-ethyl adjacent to an activating group) is 1. The zero-order chi connectivity index (χ0) is 17.4. The number of fused-ring (bicyclic) bond motifs is 5. The van der Waals surface area contributed by atoms with Gasteiger partial charge in [-0.25, -0.2) is 0 Å². The van der Waals surface area contributed by atoms with Crippen molar-refractivity contribution in [2.75, 3.05) is 20.1 Å². The number of para-hydroxylation sites is 1. The molecule has 5 heteroatoms. The van der Waals surface area contributed by atoms with Crippen LogP contribution in [0.1, 0.15) is 31.2 Å². The number of hydrogen-bond acceptors (Lipinski definition) is 2. The minimum Gasteiger partial charge on any atom is -0.361 e. The fourth-order valence-electron chi connectivity index (χ4n) is 4.29. The number of H-pyrrole nitrogens is 1. The Morgan fingerprint density at radius 2 is 2.08 bits per heavy atom. The minimum absolute atomic E-state index is 0.00122. The molecule has 2 aromatic rings. The number of piperidine rings is 1. The van der Waals surface area contributed by atoms with Crippen molar-refractivity contribution in [2.45, 2.75) is 38.1 Å². The molecule has 1 aromatic heterocycles. The Kier molecular flexibility index (Phi) is 4.24. The number of nitrogens with zero attached hydrogens (tertiary/aromatic N) is 2.